The van der Waals surface area contributed by atoms with Crippen molar-refractivity contribution in [1.82, 2.24) is 14.8 Å². The highest BCUT2D eigenvalue weighted by molar-refractivity contribution is 7.91. The number of hydrogen-bond donors (Lipinski definition) is 0. The molecule has 0 spiro atoms. The number of sulfone groups is 1. The van der Waals surface area contributed by atoms with Gasteiger partial charge in [0.15, 0.2) is 9.84 Å². The Kier molecular flexibility index (Phi) is 5.70. The molecule has 2 rings (SSSR count). The fourth-order valence-corrected chi connectivity index (χ4v) is 4.14. The third-order valence-electron chi connectivity index (χ3n) is 4.63. The highest BCUT2D eigenvalue weighted by atomic mass is 32.2. The van der Waals surface area contributed by atoms with Gasteiger partial charge in [0.2, 0.25) is 5.95 Å². The molecule has 0 amide bonds. The summed E-state index contributed by atoms with van der Waals surface area (Å²) in [6, 6.07) is 0. The van der Waals surface area contributed by atoms with Crippen LogP contribution >= 0.6 is 0 Å². The van der Waals surface area contributed by atoms with E-state index >= 15 is 0 Å². The van der Waals surface area contributed by atoms with E-state index < -0.39 is 9.84 Å². The first-order valence-corrected chi connectivity index (χ1v) is 10.6. The largest absolute Gasteiger partial charge is 0.340 e. The van der Waals surface area contributed by atoms with E-state index in [0.29, 0.717) is 18.4 Å². The Morgan fingerprint density at radius 1 is 1.26 bits per heavy atom. The molecule has 1 aliphatic rings. The predicted molar refractivity (Wildman–Crippen MR) is 93.6 cm³/mol. The maximum Gasteiger partial charge on any atom is 0.227 e. The van der Waals surface area contributed by atoms with Gasteiger partial charge in [-0.3, -0.25) is 4.57 Å². The second-order valence-electron chi connectivity index (χ2n) is 7.21. The first-order chi connectivity index (χ1) is 10.7. The maximum atomic E-state index is 11.9. The summed E-state index contributed by atoms with van der Waals surface area (Å²) in [6.45, 7) is 10.9. The van der Waals surface area contributed by atoms with Crippen molar-refractivity contribution in [3.05, 3.63) is 5.82 Å². The van der Waals surface area contributed by atoms with E-state index in [1.165, 1.54) is 6.26 Å². The van der Waals surface area contributed by atoms with Gasteiger partial charge in [-0.15, -0.1) is 10.2 Å². The highest BCUT2D eigenvalue weighted by Crippen LogP contribution is 2.26. The van der Waals surface area contributed by atoms with Gasteiger partial charge in [-0.25, -0.2) is 8.42 Å². The summed E-state index contributed by atoms with van der Waals surface area (Å²) in [5.41, 5.74) is 0. The minimum Gasteiger partial charge on any atom is -0.340 e. The average molecular weight is 343 g/mol. The third kappa shape index (κ3) is 4.25. The number of anilines is 1. The summed E-state index contributed by atoms with van der Waals surface area (Å²) >= 11 is 0. The smallest absolute Gasteiger partial charge is 0.227 e. The molecule has 0 saturated carbocycles. The van der Waals surface area contributed by atoms with E-state index in [2.05, 4.69) is 47.4 Å². The van der Waals surface area contributed by atoms with Crippen LogP contribution in [0, 0.1) is 5.92 Å². The molecule has 1 aliphatic heterocycles. The monoisotopic (exact) mass is 342 g/mol. The van der Waals surface area contributed by atoms with Gasteiger partial charge in [0.05, 0.1) is 5.25 Å². The van der Waals surface area contributed by atoms with Gasteiger partial charge in [0.1, 0.15) is 5.82 Å². The molecule has 132 valence electrons. The molecule has 0 bridgehead atoms. The van der Waals surface area contributed by atoms with E-state index in [4.69, 9.17) is 0 Å². The Morgan fingerprint density at radius 2 is 1.96 bits per heavy atom. The lowest BCUT2D eigenvalue weighted by Gasteiger charge is -2.33. The van der Waals surface area contributed by atoms with Crippen LogP contribution in [0.25, 0.3) is 0 Å². The molecule has 0 aliphatic carbocycles. The molecule has 1 fully saturated rings. The normalized spacial score (nSPS) is 21.0. The maximum absolute atomic E-state index is 11.9. The van der Waals surface area contributed by atoms with E-state index in [-0.39, 0.29) is 5.25 Å². The Labute approximate surface area is 140 Å². The number of nitrogens with zero attached hydrogens (tertiary/aromatic N) is 4. The quantitative estimate of drug-likeness (QED) is 0.794. The SMILES string of the molecule is CCC(C)c1nnc(N2CCCC(S(C)(=O)=O)C2)n1CC(C)C. The molecular formula is C16H30N4O2S. The zero-order chi connectivity index (χ0) is 17.2. The molecular weight excluding hydrogens is 312 g/mol. The number of aromatic nitrogens is 3. The fraction of sp³-hybridized carbons (Fsp3) is 0.875. The van der Waals surface area contributed by atoms with Crippen molar-refractivity contribution in [2.75, 3.05) is 24.2 Å². The van der Waals surface area contributed by atoms with Crippen molar-refractivity contribution < 1.29 is 8.42 Å². The van der Waals surface area contributed by atoms with Gasteiger partial charge in [-0.1, -0.05) is 27.7 Å². The Hall–Kier alpha value is -1.11. The second-order valence-corrected chi connectivity index (χ2v) is 9.54. The first-order valence-electron chi connectivity index (χ1n) is 8.60. The Bertz CT molecular complexity index is 624. The van der Waals surface area contributed by atoms with E-state index in [1.54, 1.807) is 0 Å². The van der Waals surface area contributed by atoms with Crippen molar-refractivity contribution in [3.63, 3.8) is 0 Å². The number of piperidine rings is 1. The van der Waals surface area contributed by atoms with Crippen molar-refractivity contribution in [2.24, 2.45) is 5.92 Å². The zero-order valence-corrected chi connectivity index (χ0v) is 15.8. The molecule has 0 N–H and O–H groups in total. The molecule has 2 unspecified atom stereocenters. The molecule has 0 radical (unpaired) electrons. The van der Waals surface area contributed by atoms with Crippen molar-refractivity contribution in [2.45, 2.75) is 64.7 Å². The van der Waals surface area contributed by atoms with Crippen LogP contribution in [0.4, 0.5) is 5.95 Å². The van der Waals surface area contributed by atoms with Gasteiger partial charge < -0.3 is 4.90 Å². The van der Waals surface area contributed by atoms with Crippen LogP contribution in [0.5, 0.6) is 0 Å². The predicted octanol–water partition coefficient (Wildman–Crippen LogP) is 2.46. The summed E-state index contributed by atoms with van der Waals surface area (Å²) in [7, 11) is -3.02. The molecule has 2 heterocycles. The minimum atomic E-state index is -3.02. The van der Waals surface area contributed by atoms with Gasteiger partial charge >= 0.3 is 0 Å². The zero-order valence-electron chi connectivity index (χ0n) is 15.0. The van der Waals surface area contributed by atoms with Crippen LogP contribution < -0.4 is 4.90 Å². The van der Waals surface area contributed by atoms with E-state index in [1.807, 2.05) is 0 Å². The molecule has 7 heteroatoms. The topological polar surface area (TPSA) is 68.1 Å². The molecule has 2 atom stereocenters. The van der Waals surface area contributed by atoms with Crippen LogP contribution in [-0.4, -0.2) is 47.8 Å². The van der Waals surface area contributed by atoms with Crippen molar-refractivity contribution in [1.29, 1.82) is 0 Å². The molecule has 0 aromatic carbocycles. The molecule has 1 saturated heterocycles. The van der Waals surface area contributed by atoms with Gasteiger partial charge in [0.25, 0.3) is 0 Å². The average Bonchev–Trinajstić information content (AvgIpc) is 2.88. The minimum absolute atomic E-state index is 0.299. The summed E-state index contributed by atoms with van der Waals surface area (Å²) in [6.07, 6.45) is 3.98. The first kappa shape index (κ1) is 18.2. The van der Waals surface area contributed by atoms with Crippen LogP contribution in [-0.2, 0) is 16.4 Å². The molecule has 1 aromatic rings. The summed E-state index contributed by atoms with van der Waals surface area (Å²) in [5.74, 6) is 2.69. The number of hydrogen-bond acceptors (Lipinski definition) is 5. The lowest BCUT2D eigenvalue weighted by molar-refractivity contribution is 0.476. The van der Waals surface area contributed by atoms with Crippen LogP contribution in [0.15, 0.2) is 0 Å². The Balaban J connectivity index is 2.32. The number of rotatable bonds is 6. The molecule has 23 heavy (non-hydrogen) atoms. The Morgan fingerprint density at radius 3 is 2.52 bits per heavy atom. The second kappa shape index (κ2) is 7.20. The standard InChI is InChI=1S/C16H30N4O2S/c1-6-13(4)15-17-18-16(20(15)10-12(2)3)19-9-7-8-14(11-19)23(5,21)22/h12-14H,6-11H2,1-5H3. The van der Waals surface area contributed by atoms with Crippen LogP contribution in [0.2, 0.25) is 0 Å². The van der Waals surface area contributed by atoms with Gasteiger partial charge in [-0.05, 0) is 25.2 Å². The van der Waals surface area contributed by atoms with E-state index in [9.17, 15) is 8.42 Å². The lowest BCUT2D eigenvalue weighted by atomic mass is 10.1. The lowest BCUT2D eigenvalue weighted by Crippen LogP contribution is -2.43. The van der Waals surface area contributed by atoms with Crippen LogP contribution in [0.3, 0.4) is 0 Å². The summed E-state index contributed by atoms with van der Waals surface area (Å²) < 4.78 is 26.0. The van der Waals surface area contributed by atoms with Gasteiger partial charge in [0, 0.05) is 31.8 Å². The summed E-state index contributed by atoms with van der Waals surface area (Å²) in [5, 5.41) is 8.55. The summed E-state index contributed by atoms with van der Waals surface area (Å²) in [4.78, 5) is 2.11. The highest BCUT2D eigenvalue weighted by Gasteiger charge is 2.30. The molecule has 6 nitrogen and oxygen atoms in total. The van der Waals surface area contributed by atoms with Gasteiger partial charge in [-0.2, -0.15) is 0 Å². The molecule has 1 aromatic heterocycles. The van der Waals surface area contributed by atoms with E-state index in [0.717, 1.165) is 44.1 Å². The third-order valence-corrected chi connectivity index (χ3v) is 6.22. The van der Waals surface area contributed by atoms with Crippen molar-refractivity contribution in [3.8, 4) is 0 Å². The van der Waals surface area contributed by atoms with Crippen molar-refractivity contribution >= 4 is 15.8 Å². The fourth-order valence-electron chi connectivity index (χ4n) is 3.10. The van der Waals surface area contributed by atoms with Crippen LogP contribution in [0.1, 0.15) is 58.7 Å².